The first-order chi connectivity index (χ1) is 10.3. The molecule has 2 aromatic rings. The molecule has 2 N–H and O–H groups in total. The number of hydroxylamine groups is 2. The molecule has 1 unspecified atom stereocenters. The first-order valence-corrected chi connectivity index (χ1v) is 8.12. The van der Waals surface area contributed by atoms with Crippen LogP contribution in [0.4, 0.5) is 0 Å². The molecule has 0 spiro atoms. The van der Waals surface area contributed by atoms with Crippen LogP contribution in [0, 0.1) is 0 Å². The van der Waals surface area contributed by atoms with Crippen LogP contribution in [0.5, 0.6) is 0 Å². The second kappa shape index (κ2) is 6.33. The van der Waals surface area contributed by atoms with Crippen molar-refractivity contribution in [2.24, 2.45) is 5.73 Å². The van der Waals surface area contributed by atoms with Gasteiger partial charge < -0.3 is 10.6 Å². The van der Waals surface area contributed by atoms with Gasteiger partial charge in [0.25, 0.3) is 0 Å². The summed E-state index contributed by atoms with van der Waals surface area (Å²) in [6.07, 6.45) is 4.02. The molecular weight excluding hydrogens is 280 g/mol. The number of hydrogen-bond donors (Lipinski definition) is 1. The number of nitrogens with two attached hydrogens (primary N) is 1. The molecular formula is C17H20N2OS. The third kappa shape index (κ3) is 3.28. The summed E-state index contributed by atoms with van der Waals surface area (Å²) in [5.41, 5.74) is 7.17. The molecule has 2 heterocycles. The third-order valence-corrected chi connectivity index (χ3v) is 4.94. The van der Waals surface area contributed by atoms with Crippen molar-refractivity contribution in [3.05, 3.63) is 69.7 Å². The molecule has 3 rings (SSSR count). The van der Waals surface area contributed by atoms with Gasteiger partial charge in [0.1, 0.15) is 6.04 Å². The van der Waals surface area contributed by atoms with E-state index in [-0.39, 0.29) is 6.04 Å². The number of benzene rings is 1. The van der Waals surface area contributed by atoms with E-state index < -0.39 is 0 Å². The molecule has 1 aliphatic heterocycles. The van der Waals surface area contributed by atoms with Gasteiger partial charge in [-0.15, -0.1) is 16.4 Å². The van der Waals surface area contributed by atoms with E-state index in [0.717, 1.165) is 19.4 Å². The van der Waals surface area contributed by atoms with Gasteiger partial charge in [-0.25, -0.2) is 0 Å². The highest BCUT2D eigenvalue weighted by Crippen LogP contribution is 2.34. The Labute approximate surface area is 129 Å². The largest absolute Gasteiger partial charge is 0.388 e. The molecule has 0 fully saturated rings. The van der Waals surface area contributed by atoms with Crippen molar-refractivity contribution < 1.29 is 4.84 Å². The minimum Gasteiger partial charge on any atom is -0.388 e. The lowest BCUT2D eigenvalue weighted by Gasteiger charge is -2.21. The molecule has 1 atom stereocenters. The van der Waals surface area contributed by atoms with Crippen molar-refractivity contribution in [1.29, 1.82) is 0 Å². The van der Waals surface area contributed by atoms with E-state index in [1.165, 1.54) is 15.3 Å². The van der Waals surface area contributed by atoms with Gasteiger partial charge in [0.15, 0.2) is 0 Å². The van der Waals surface area contributed by atoms with E-state index >= 15 is 0 Å². The first-order valence-electron chi connectivity index (χ1n) is 7.30. The van der Waals surface area contributed by atoms with E-state index in [9.17, 15) is 0 Å². The molecule has 1 aromatic carbocycles. The van der Waals surface area contributed by atoms with Crippen molar-refractivity contribution in [2.45, 2.75) is 25.8 Å². The topological polar surface area (TPSA) is 38.5 Å². The second-order valence-electron chi connectivity index (χ2n) is 5.14. The molecule has 1 aromatic heterocycles. The zero-order chi connectivity index (χ0) is 14.7. The average Bonchev–Trinajstić information content (AvgIpc) is 3.12. The number of hydrogen-bond acceptors (Lipinski definition) is 4. The fraction of sp³-hybridized carbons (Fsp3) is 0.294. The number of nitrogens with zero attached hydrogens (tertiary/aromatic N) is 1. The Kier molecular flexibility index (Phi) is 4.27. The quantitative estimate of drug-likeness (QED) is 0.916. The summed E-state index contributed by atoms with van der Waals surface area (Å²) < 4.78 is 0. The maximum absolute atomic E-state index is 5.86. The Morgan fingerprint density at radius 3 is 2.71 bits per heavy atom. The first kappa shape index (κ1) is 14.2. The number of rotatable bonds is 5. The van der Waals surface area contributed by atoms with Crippen LogP contribution in [0.15, 0.2) is 54.4 Å². The van der Waals surface area contributed by atoms with Crippen LogP contribution in [-0.2, 0) is 17.7 Å². The summed E-state index contributed by atoms with van der Waals surface area (Å²) in [6, 6.07) is 15.0. The molecule has 0 saturated carbocycles. The minimum absolute atomic E-state index is 0.138. The highest BCUT2D eigenvalue weighted by molar-refractivity contribution is 7.12. The highest BCUT2D eigenvalue weighted by Gasteiger charge is 2.28. The lowest BCUT2D eigenvalue weighted by molar-refractivity contribution is -0.118. The lowest BCUT2D eigenvalue weighted by atomic mass is 10.1. The fourth-order valence-corrected chi connectivity index (χ4v) is 3.52. The smallest absolute Gasteiger partial charge is 0.207 e. The molecule has 21 heavy (non-hydrogen) atoms. The van der Waals surface area contributed by atoms with Gasteiger partial charge in [0.2, 0.25) is 5.88 Å². The Morgan fingerprint density at radius 1 is 1.19 bits per heavy atom. The summed E-state index contributed by atoms with van der Waals surface area (Å²) in [4.78, 5) is 8.36. The SMILES string of the molecule is CCc1ccc(C2C=C(N)ON2CCc2ccccc2)s1. The molecule has 4 heteroatoms. The van der Waals surface area contributed by atoms with Gasteiger partial charge >= 0.3 is 0 Å². The number of thiophene rings is 1. The van der Waals surface area contributed by atoms with E-state index in [2.05, 4.69) is 43.3 Å². The second-order valence-corrected chi connectivity index (χ2v) is 6.34. The van der Waals surface area contributed by atoms with E-state index in [1.807, 2.05) is 28.5 Å². The molecule has 3 nitrogen and oxygen atoms in total. The van der Waals surface area contributed by atoms with Gasteiger partial charge in [-0.3, -0.25) is 0 Å². The average molecular weight is 300 g/mol. The van der Waals surface area contributed by atoms with Crippen molar-refractivity contribution in [1.82, 2.24) is 5.06 Å². The van der Waals surface area contributed by atoms with Crippen LogP contribution in [0.25, 0.3) is 0 Å². The fourth-order valence-electron chi connectivity index (χ4n) is 2.50. The molecule has 110 valence electrons. The summed E-state index contributed by atoms with van der Waals surface area (Å²) in [5.74, 6) is 0.500. The maximum Gasteiger partial charge on any atom is 0.207 e. The number of aryl methyl sites for hydroxylation is 1. The highest BCUT2D eigenvalue weighted by atomic mass is 32.1. The van der Waals surface area contributed by atoms with Gasteiger partial charge in [0.05, 0.1) is 0 Å². The molecule has 0 radical (unpaired) electrons. The van der Waals surface area contributed by atoms with Gasteiger partial charge in [-0.2, -0.15) is 0 Å². The minimum atomic E-state index is 0.138. The van der Waals surface area contributed by atoms with Gasteiger partial charge in [0, 0.05) is 22.4 Å². The maximum atomic E-state index is 5.86. The Morgan fingerprint density at radius 2 is 2.00 bits per heavy atom. The Bertz CT molecular complexity index is 621. The van der Waals surface area contributed by atoms with Crippen molar-refractivity contribution in [2.75, 3.05) is 6.54 Å². The van der Waals surface area contributed by atoms with Crippen molar-refractivity contribution >= 4 is 11.3 Å². The standard InChI is InChI=1S/C17H20N2OS/c1-2-14-8-9-16(21-14)15-12-17(18)20-19(15)11-10-13-6-4-3-5-7-13/h3-9,12,15H,2,10-11,18H2,1H3. The summed E-state index contributed by atoms with van der Waals surface area (Å²) in [7, 11) is 0. The molecule has 1 aliphatic rings. The zero-order valence-electron chi connectivity index (χ0n) is 12.2. The van der Waals surface area contributed by atoms with Crippen LogP contribution in [0.2, 0.25) is 0 Å². The van der Waals surface area contributed by atoms with E-state index in [1.54, 1.807) is 0 Å². The van der Waals surface area contributed by atoms with Crippen molar-refractivity contribution in [3.8, 4) is 0 Å². The summed E-state index contributed by atoms with van der Waals surface area (Å²) >= 11 is 1.84. The van der Waals surface area contributed by atoms with Crippen molar-refractivity contribution in [3.63, 3.8) is 0 Å². The van der Waals surface area contributed by atoms with E-state index in [0.29, 0.717) is 5.88 Å². The lowest BCUT2D eigenvalue weighted by Crippen LogP contribution is -2.25. The van der Waals surface area contributed by atoms with Gasteiger partial charge in [-0.1, -0.05) is 37.3 Å². The summed E-state index contributed by atoms with van der Waals surface area (Å²) in [5, 5.41) is 1.98. The monoisotopic (exact) mass is 300 g/mol. The molecule has 0 amide bonds. The third-order valence-electron chi connectivity index (χ3n) is 3.64. The zero-order valence-corrected chi connectivity index (χ0v) is 13.0. The molecule has 0 saturated heterocycles. The predicted octanol–water partition coefficient (Wildman–Crippen LogP) is 3.64. The van der Waals surface area contributed by atoms with Crippen LogP contribution >= 0.6 is 11.3 Å². The predicted molar refractivity (Wildman–Crippen MR) is 86.6 cm³/mol. The van der Waals surface area contributed by atoms with Crippen LogP contribution in [0.1, 0.15) is 28.3 Å². The molecule has 0 bridgehead atoms. The van der Waals surface area contributed by atoms with Crippen LogP contribution in [-0.4, -0.2) is 11.6 Å². The van der Waals surface area contributed by atoms with Crippen LogP contribution in [0.3, 0.4) is 0 Å². The van der Waals surface area contributed by atoms with E-state index in [4.69, 9.17) is 10.6 Å². The Hall–Kier alpha value is -1.78. The van der Waals surface area contributed by atoms with Gasteiger partial charge in [-0.05, 0) is 30.5 Å². The Balaban J connectivity index is 1.69. The summed E-state index contributed by atoms with van der Waals surface area (Å²) in [6.45, 7) is 3.00. The molecule has 0 aliphatic carbocycles. The normalized spacial score (nSPS) is 18.5. The van der Waals surface area contributed by atoms with Crippen LogP contribution < -0.4 is 5.73 Å².